The molecule has 12 unspecified atom stereocenters. The van der Waals surface area contributed by atoms with Crippen molar-refractivity contribution in [3.8, 4) is 0 Å². The van der Waals surface area contributed by atoms with Crippen LogP contribution in [0, 0.1) is 41.4 Å². The van der Waals surface area contributed by atoms with Gasteiger partial charge in [-0.3, -0.25) is 9.59 Å². The molecule has 1 saturated heterocycles. The SMILES string of the molecule is COC1CC(/C=C(\C)[C@@H](OCC(C)N(CCCCN)C(=O)C(=O)C2(O)OC(C(CC(C)C/C(C)=C/C(C)C)OC)C(C)CC2C)C(C)C(C)CC=O)CCC1O. The van der Waals surface area contributed by atoms with E-state index in [2.05, 4.69) is 46.8 Å². The van der Waals surface area contributed by atoms with Gasteiger partial charge in [-0.1, -0.05) is 66.2 Å². The molecule has 1 aliphatic carbocycles. The lowest BCUT2D eigenvalue weighted by Crippen LogP contribution is -2.62. The number of aliphatic hydroxyl groups excluding tert-OH is 1. The van der Waals surface area contributed by atoms with Crippen LogP contribution in [-0.4, -0.2) is 109 Å². The second-order valence-corrected chi connectivity index (χ2v) is 18.0. The molecular weight excluding hydrogens is 712 g/mol. The summed E-state index contributed by atoms with van der Waals surface area (Å²) in [6, 6.07) is -0.525. The summed E-state index contributed by atoms with van der Waals surface area (Å²) in [4.78, 5) is 41.7. The number of nitrogens with zero attached hydrogens (tertiary/aromatic N) is 1. The van der Waals surface area contributed by atoms with Gasteiger partial charge in [-0.05, 0) is 120 Å². The fourth-order valence-corrected chi connectivity index (χ4v) is 8.99. The number of hydrogen-bond donors (Lipinski definition) is 3. The number of aliphatic hydroxyl groups is 2. The average molecular weight is 793 g/mol. The van der Waals surface area contributed by atoms with Crippen molar-refractivity contribution in [1.82, 2.24) is 4.90 Å². The van der Waals surface area contributed by atoms with Gasteiger partial charge in [-0.2, -0.15) is 0 Å². The number of aldehydes is 1. The Morgan fingerprint density at radius 2 is 1.71 bits per heavy atom. The van der Waals surface area contributed by atoms with Crippen molar-refractivity contribution in [3.63, 3.8) is 0 Å². The quantitative estimate of drug-likeness (QED) is 0.0418. The van der Waals surface area contributed by atoms with Crippen LogP contribution in [0.5, 0.6) is 0 Å². The van der Waals surface area contributed by atoms with Crippen molar-refractivity contribution in [2.24, 2.45) is 47.2 Å². The van der Waals surface area contributed by atoms with Crippen LogP contribution in [0.25, 0.3) is 0 Å². The Morgan fingerprint density at radius 1 is 1.04 bits per heavy atom. The Morgan fingerprint density at radius 3 is 2.30 bits per heavy atom. The average Bonchev–Trinajstić information content (AvgIpc) is 3.13. The summed E-state index contributed by atoms with van der Waals surface area (Å²) in [5, 5.41) is 22.4. The molecule has 2 aliphatic rings. The molecule has 2 rings (SSSR count). The van der Waals surface area contributed by atoms with Gasteiger partial charge in [0.05, 0.1) is 43.2 Å². The van der Waals surface area contributed by atoms with Gasteiger partial charge in [0, 0.05) is 33.1 Å². The van der Waals surface area contributed by atoms with Crippen molar-refractivity contribution >= 4 is 18.0 Å². The zero-order valence-corrected chi connectivity index (χ0v) is 37.0. The molecule has 56 heavy (non-hydrogen) atoms. The molecule has 0 aromatic rings. The number of hydrogen-bond acceptors (Lipinski definition) is 10. The highest BCUT2D eigenvalue weighted by atomic mass is 16.7. The molecule has 324 valence electrons. The Hall–Kier alpha value is -1.99. The molecule has 1 saturated carbocycles. The number of methoxy groups -OCH3 is 2. The maximum absolute atomic E-state index is 14.3. The number of ketones is 1. The predicted molar refractivity (Wildman–Crippen MR) is 222 cm³/mol. The first-order valence-electron chi connectivity index (χ1n) is 21.4. The number of amides is 1. The lowest BCUT2D eigenvalue weighted by Gasteiger charge is -2.46. The minimum atomic E-state index is -2.32. The van der Waals surface area contributed by atoms with Crippen molar-refractivity contribution < 1.29 is 43.5 Å². The highest BCUT2D eigenvalue weighted by Gasteiger charge is 2.55. The van der Waals surface area contributed by atoms with Gasteiger partial charge in [0.1, 0.15) is 6.29 Å². The second kappa shape index (κ2) is 24.2. The van der Waals surface area contributed by atoms with Gasteiger partial charge in [0.25, 0.3) is 11.7 Å². The highest BCUT2D eigenvalue weighted by Crippen LogP contribution is 2.40. The van der Waals surface area contributed by atoms with E-state index in [0.717, 1.165) is 24.7 Å². The van der Waals surface area contributed by atoms with Crippen LogP contribution in [0.2, 0.25) is 0 Å². The summed E-state index contributed by atoms with van der Waals surface area (Å²) in [5.41, 5.74) is 8.16. The fraction of sp³-hybridized carbons (Fsp3) is 0.844. The van der Waals surface area contributed by atoms with Crippen LogP contribution in [0.15, 0.2) is 23.3 Å². The van der Waals surface area contributed by atoms with Crippen LogP contribution < -0.4 is 5.73 Å². The van der Waals surface area contributed by atoms with Gasteiger partial charge < -0.3 is 44.6 Å². The summed E-state index contributed by atoms with van der Waals surface area (Å²) in [6.45, 7) is 21.3. The predicted octanol–water partition coefficient (Wildman–Crippen LogP) is 6.66. The van der Waals surface area contributed by atoms with Crippen LogP contribution in [0.1, 0.15) is 127 Å². The molecule has 11 heteroatoms. The minimum absolute atomic E-state index is 0.0125. The molecule has 4 N–H and O–H groups in total. The maximum atomic E-state index is 14.3. The fourth-order valence-electron chi connectivity index (χ4n) is 8.99. The zero-order chi connectivity index (χ0) is 42.3. The van der Waals surface area contributed by atoms with Crippen molar-refractivity contribution in [2.45, 2.75) is 169 Å². The zero-order valence-electron chi connectivity index (χ0n) is 37.0. The third-order valence-electron chi connectivity index (χ3n) is 12.4. The largest absolute Gasteiger partial charge is 0.390 e. The van der Waals surface area contributed by atoms with E-state index in [9.17, 15) is 24.6 Å². The monoisotopic (exact) mass is 793 g/mol. The molecule has 0 aromatic heterocycles. The first-order chi connectivity index (χ1) is 26.3. The third kappa shape index (κ3) is 14.4. The molecule has 1 amide bonds. The molecule has 11 nitrogen and oxygen atoms in total. The molecular formula is C45H80N2O9. The van der Waals surface area contributed by atoms with Gasteiger partial charge in [0.15, 0.2) is 0 Å². The molecule has 0 bridgehead atoms. The van der Waals surface area contributed by atoms with Crippen LogP contribution in [-0.2, 0) is 33.3 Å². The van der Waals surface area contributed by atoms with Gasteiger partial charge in [-0.15, -0.1) is 0 Å². The summed E-state index contributed by atoms with van der Waals surface area (Å²) in [6.07, 6.45) is 9.23. The Labute approximate surface area is 339 Å². The Bertz CT molecular complexity index is 1270. The van der Waals surface area contributed by atoms with E-state index >= 15 is 0 Å². The van der Waals surface area contributed by atoms with Crippen LogP contribution in [0.4, 0.5) is 0 Å². The van der Waals surface area contributed by atoms with Crippen molar-refractivity contribution in [1.29, 1.82) is 0 Å². The summed E-state index contributed by atoms with van der Waals surface area (Å²) in [7, 11) is 3.26. The van der Waals surface area contributed by atoms with Gasteiger partial charge >= 0.3 is 0 Å². The standard InChI is InChI=1S/C45H80N2O9/c1-28(2)21-29(3)22-30(4)23-40(54-12)42-32(6)24-34(8)45(52,56-42)43(50)44(51)47(19-14-13-18-46)35(9)27-55-41(36(10)31(5)17-20-48)33(7)25-37-15-16-38(49)39(26-37)53-11/h20-21,25,28,30-32,34-42,49,52H,13-19,22-24,26-27,46H2,1-12H3/b29-21+,33-25+/t30?,31?,32?,34?,35?,36?,37?,38?,39?,40?,41-,42?,45?/m1/s1. The smallest absolute Gasteiger partial charge is 0.296 e. The number of Topliss-reactive ketones (excluding diaryl/α,β-unsaturated/α-hetero) is 1. The Balaban J connectivity index is 2.34. The molecule has 1 aliphatic heterocycles. The van der Waals surface area contributed by atoms with E-state index < -0.39 is 41.6 Å². The van der Waals surface area contributed by atoms with E-state index in [1.54, 1.807) is 21.1 Å². The normalized spacial score (nSPS) is 29.6. The Kier molecular flexibility index (Phi) is 21.7. The van der Waals surface area contributed by atoms with Gasteiger partial charge in [-0.25, -0.2) is 0 Å². The number of carbonyl (C=O) groups is 3. The summed E-state index contributed by atoms with van der Waals surface area (Å²) in [5.74, 6) is -3.79. The molecule has 0 radical (unpaired) electrons. The van der Waals surface area contributed by atoms with E-state index in [1.807, 2.05) is 27.7 Å². The number of nitrogens with two attached hydrogens (primary N) is 1. The number of carbonyl (C=O) groups excluding carboxylic acids is 3. The second-order valence-electron chi connectivity index (χ2n) is 18.0. The molecule has 1 heterocycles. The van der Waals surface area contributed by atoms with E-state index in [0.29, 0.717) is 57.4 Å². The molecule has 0 aromatic carbocycles. The van der Waals surface area contributed by atoms with E-state index in [-0.39, 0.29) is 61.1 Å². The molecule has 13 atom stereocenters. The number of unbranched alkanes of at least 4 members (excludes halogenated alkanes) is 1. The summed E-state index contributed by atoms with van der Waals surface area (Å²) < 4.78 is 24.6. The lowest BCUT2D eigenvalue weighted by molar-refractivity contribution is -0.290. The minimum Gasteiger partial charge on any atom is -0.390 e. The van der Waals surface area contributed by atoms with Crippen molar-refractivity contribution in [3.05, 3.63) is 23.3 Å². The first-order valence-corrected chi connectivity index (χ1v) is 21.4. The van der Waals surface area contributed by atoms with Crippen molar-refractivity contribution in [2.75, 3.05) is 33.9 Å². The number of rotatable bonds is 24. The topological polar surface area (TPSA) is 158 Å². The maximum Gasteiger partial charge on any atom is 0.296 e. The molecule has 0 spiro atoms. The number of allylic oxidation sites excluding steroid dienone is 3. The first kappa shape index (κ1) is 50.2. The third-order valence-corrected chi connectivity index (χ3v) is 12.4. The van der Waals surface area contributed by atoms with E-state index in [4.69, 9.17) is 24.7 Å². The summed E-state index contributed by atoms with van der Waals surface area (Å²) >= 11 is 0. The van der Waals surface area contributed by atoms with E-state index in [1.165, 1.54) is 10.5 Å². The number of ether oxygens (including phenoxy) is 4. The van der Waals surface area contributed by atoms with Gasteiger partial charge in [0.2, 0.25) is 5.79 Å². The lowest BCUT2D eigenvalue weighted by atomic mass is 9.78. The van der Waals surface area contributed by atoms with Crippen LogP contribution >= 0.6 is 0 Å². The highest BCUT2D eigenvalue weighted by molar-refractivity contribution is 6.38. The van der Waals surface area contributed by atoms with Crippen LogP contribution in [0.3, 0.4) is 0 Å². The molecule has 2 fully saturated rings.